The van der Waals surface area contributed by atoms with E-state index in [1.54, 1.807) is 48.5 Å². The van der Waals surface area contributed by atoms with Crippen LogP contribution < -0.4 is 20.3 Å². The maximum Gasteiger partial charge on any atom is 0.222 e. The van der Waals surface area contributed by atoms with Crippen LogP contribution in [0.5, 0.6) is 11.5 Å². The smallest absolute Gasteiger partial charge is 0.222 e. The predicted octanol–water partition coefficient (Wildman–Crippen LogP) is 2.53. The standard InChI is InChI=1S/C25H30N2O5S/c1-31-22-14-13-19(16-23(22)32-2)21(15-18-9-5-3-6-10-18)25(24(28)17-26,33(27,29)30)20-11-7-4-8-12-20/h3-14,16,21,24,28H,15,17,26H2,1-2H3,(H2,27,29,30). The minimum Gasteiger partial charge on any atom is -0.493 e. The van der Waals surface area contributed by atoms with Gasteiger partial charge in [0.25, 0.3) is 0 Å². The van der Waals surface area contributed by atoms with Gasteiger partial charge in [-0.1, -0.05) is 66.7 Å². The third-order valence-corrected chi connectivity index (χ3v) is 7.76. The van der Waals surface area contributed by atoms with E-state index >= 15 is 0 Å². The average Bonchev–Trinajstić information content (AvgIpc) is 2.83. The van der Waals surface area contributed by atoms with Crippen LogP contribution in [-0.4, -0.2) is 40.4 Å². The Kier molecular flexibility index (Phi) is 7.76. The maximum absolute atomic E-state index is 13.4. The van der Waals surface area contributed by atoms with Crippen LogP contribution in [0.1, 0.15) is 22.6 Å². The van der Waals surface area contributed by atoms with Gasteiger partial charge in [0.15, 0.2) is 11.5 Å². The SMILES string of the molecule is COc1ccc(C(Cc2ccccc2)C(c2ccccc2)(C(O)CN)S(N)(=O)=O)cc1OC. The molecule has 0 saturated carbocycles. The lowest BCUT2D eigenvalue weighted by molar-refractivity contribution is 0.113. The molecule has 0 aliphatic heterocycles. The topological polar surface area (TPSA) is 125 Å². The Morgan fingerprint density at radius 3 is 2.00 bits per heavy atom. The van der Waals surface area contributed by atoms with Crippen LogP contribution in [-0.2, 0) is 21.2 Å². The molecule has 0 aliphatic carbocycles. The second-order valence-corrected chi connectivity index (χ2v) is 9.58. The first-order chi connectivity index (χ1) is 15.8. The molecule has 3 aromatic carbocycles. The highest BCUT2D eigenvalue weighted by molar-refractivity contribution is 7.90. The van der Waals surface area contributed by atoms with Crippen molar-refractivity contribution in [1.29, 1.82) is 0 Å². The van der Waals surface area contributed by atoms with Crippen molar-refractivity contribution in [2.45, 2.75) is 23.2 Å². The first kappa shape index (κ1) is 24.7. The van der Waals surface area contributed by atoms with Gasteiger partial charge in [-0.05, 0) is 35.2 Å². The quantitative estimate of drug-likeness (QED) is 0.418. The summed E-state index contributed by atoms with van der Waals surface area (Å²) in [6, 6.07) is 23.2. The zero-order chi connectivity index (χ0) is 24.1. The summed E-state index contributed by atoms with van der Waals surface area (Å²) in [6.45, 7) is -0.302. The van der Waals surface area contributed by atoms with Crippen molar-refractivity contribution < 1.29 is 23.0 Å². The predicted molar refractivity (Wildman–Crippen MR) is 129 cm³/mol. The highest BCUT2D eigenvalue weighted by Gasteiger charge is 2.55. The van der Waals surface area contributed by atoms with Crippen LogP contribution in [0, 0.1) is 0 Å². The molecule has 8 heteroatoms. The summed E-state index contributed by atoms with van der Waals surface area (Å²) in [5.41, 5.74) is 7.74. The van der Waals surface area contributed by atoms with Gasteiger partial charge in [0.05, 0.1) is 20.3 Å². The summed E-state index contributed by atoms with van der Waals surface area (Å²) in [5, 5.41) is 17.2. The van der Waals surface area contributed by atoms with Gasteiger partial charge in [-0.15, -0.1) is 0 Å². The number of sulfonamides is 1. The normalized spacial score (nSPS) is 15.3. The van der Waals surface area contributed by atoms with Crippen molar-refractivity contribution in [1.82, 2.24) is 0 Å². The number of hydrogen-bond donors (Lipinski definition) is 3. The van der Waals surface area contributed by atoms with Crippen LogP contribution in [0.2, 0.25) is 0 Å². The molecule has 3 unspecified atom stereocenters. The molecule has 3 rings (SSSR count). The number of primary sulfonamides is 1. The van der Waals surface area contributed by atoms with Gasteiger partial charge in [0.1, 0.15) is 4.75 Å². The zero-order valence-corrected chi connectivity index (χ0v) is 19.5. The molecular formula is C25H30N2O5S. The number of ether oxygens (including phenoxy) is 2. The van der Waals surface area contributed by atoms with Gasteiger partial charge in [-0.3, -0.25) is 0 Å². The molecule has 3 aromatic rings. The highest BCUT2D eigenvalue weighted by atomic mass is 32.2. The van der Waals surface area contributed by atoms with Crippen molar-refractivity contribution in [2.75, 3.05) is 20.8 Å². The Hall–Kier alpha value is -2.91. The molecule has 0 aromatic heterocycles. The summed E-state index contributed by atoms with van der Waals surface area (Å²) in [7, 11) is -1.37. The second-order valence-electron chi connectivity index (χ2n) is 7.81. The zero-order valence-electron chi connectivity index (χ0n) is 18.7. The minimum absolute atomic E-state index is 0.276. The number of aliphatic hydroxyl groups excluding tert-OH is 1. The summed E-state index contributed by atoms with van der Waals surface area (Å²) in [4.78, 5) is 0. The lowest BCUT2D eigenvalue weighted by Gasteiger charge is -2.43. The molecule has 5 N–H and O–H groups in total. The van der Waals surface area contributed by atoms with E-state index in [-0.39, 0.29) is 13.0 Å². The molecule has 0 saturated heterocycles. The molecule has 0 aliphatic rings. The Bertz CT molecular complexity index is 1160. The van der Waals surface area contributed by atoms with Gasteiger partial charge < -0.3 is 20.3 Å². The second kappa shape index (κ2) is 10.4. The van der Waals surface area contributed by atoms with Gasteiger partial charge in [0.2, 0.25) is 10.0 Å². The first-order valence-corrected chi connectivity index (χ1v) is 12.1. The molecule has 0 spiro atoms. The number of methoxy groups -OCH3 is 2. The van der Waals surface area contributed by atoms with Gasteiger partial charge in [-0.2, -0.15) is 0 Å². The summed E-state index contributed by atoms with van der Waals surface area (Å²) in [5.74, 6) is 0.141. The lowest BCUT2D eigenvalue weighted by atomic mass is 9.74. The number of nitrogens with two attached hydrogens (primary N) is 2. The fourth-order valence-electron chi connectivity index (χ4n) is 4.49. The third-order valence-electron chi connectivity index (χ3n) is 6.02. The van der Waals surface area contributed by atoms with Crippen molar-refractivity contribution in [2.24, 2.45) is 10.9 Å². The summed E-state index contributed by atoms with van der Waals surface area (Å²) < 4.78 is 35.8. The molecule has 0 radical (unpaired) electrons. The van der Waals surface area contributed by atoms with E-state index in [9.17, 15) is 13.5 Å². The van der Waals surface area contributed by atoms with E-state index in [1.165, 1.54) is 14.2 Å². The van der Waals surface area contributed by atoms with Crippen molar-refractivity contribution in [3.8, 4) is 11.5 Å². The lowest BCUT2D eigenvalue weighted by Crippen LogP contribution is -2.56. The Morgan fingerprint density at radius 1 is 0.909 bits per heavy atom. The van der Waals surface area contributed by atoms with E-state index < -0.39 is 26.8 Å². The largest absolute Gasteiger partial charge is 0.493 e. The van der Waals surface area contributed by atoms with Crippen LogP contribution in [0.25, 0.3) is 0 Å². The van der Waals surface area contributed by atoms with Gasteiger partial charge >= 0.3 is 0 Å². The van der Waals surface area contributed by atoms with Crippen molar-refractivity contribution in [3.63, 3.8) is 0 Å². The van der Waals surface area contributed by atoms with E-state index in [1.807, 2.05) is 30.3 Å². The number of benzene rings is 3. The van der Waals surface area contributed by atoms with Crippen LogP contribution in [0.4, 0.5) is 0 Å². The van der Waals surface area contributed by atoms with Gasteiger partial charge in [0, 0.05) is 12.5 Å². The van der Waals surface area contributed by atoms with Crippen molar-refractivity contribution >= 4 is 10.0 Å². The fraction of sp³-hybridized carbons (Fsp3) is 0.280. The molecule has 0 amide bonds. The Morgan fingerprint density at radius 2 is 1.48 bits per heavy atom. The first-order valence-electron chi connectivity index (χ1n) is 10.5. The van der Waals surface area contributed by atoms with Crippen molar-refractivity contribution in [3.05, 3.63) is 95.6 Å². The summed E-state index contributed by atoms with van der Waals surface area (Å²) >= 11 is 0. The van der Waals surface area contributed by atoms with E-state index in [0.717, 1.165) is 5.56 Å². The molecular weight excluding hydrogens is 440 g/mol. The molecule has 176 valence electrons. The van der Waals surface area contributed by atoms with E-state index in [0.29, 0.717) is 22.6 Å². The summed E-state index contributed by atoms with van der Waals surface area (Å²) in [6.07, 6.45) is -1.20. The van der Waals surface area contributed by atoms with Crippen LogP contribution in [0.15, 0.2) is 78.9 Å². The number of aliphatic hydroxyl groups is 1. The Labute approximate surface area is 195 Å². The molecule has 0 bridgehead atoms. The highest BCUT2D eigenvalue weighted by Crippen LogP contribution is 2.48. The molecule has 33 heavy (non-hydrogen) atoms. The minimum atomic E-state index is -4.40. The van der Waals surface area contributed by atoms with Crippen LogP contribution >= 0.6 is 0 Å². The average molecular weight is 471 g/mol. The maximum atomic E-state index is 13.4. The van der Waals surface area contributed by atoms with Crippen LogP contribution in [0.3, 0.4) is 0 Å². The molecule has 3 atom stereocenters. The number of hydrogen-bond acceptors (Lipinski definition) is 6. The molecule has 7 nitrogen and oxygen atoms in total. The van der Waals surface area contributed by atoms with E-state index in [2.05, 4.69) is 0 Å². The monoisotopic (exact) mass is 470 g/mol. The third kappa shape index (κ3) is 4.74. The van der Waals surface area contributed by atoms with E-state index in [4.69, 9.17) is 20.3 Å². The number of rotatable bonds is 10. The Balaban J connectivity index is 2.38. The fourth-order valence-corrected chi connectivity index (χ4v) is 6.04. The molecule has 0 fully saturated rings. The van der Waals surface area contributed by atoms with Gasteiger partial charge in [-0.25, -0.2) is 13.6 Å². The molecule has 0 heterocycles.